The maximum atomic E-state index is 13.3. The number of aromatic nitrogens is 1. The number of nitrogen functional groups attached to an aromatic ring is 2. The second kappa shape index (κ2) is 4.29. The van der Waals surface area contributed by atoms with Crippen LogP contribution >= 0.6 is 0 Å². The van der Waals surface area contributed by atoms with Crippen LogP contribution in [0.5, 0.6) is 11.5 Å². The molecule has 4 N–H and O–H groups in total. The topological polar surface area (TPSA) is 74.2 Å². The first kappa shape index (κ1) is 11.2. The van der Waals surface area contributed by atoms with Crippen molar-refractivity contribution in [3.63, 3.8) is 0 Å². The van der Waals surface area contributed by atoms with Crippen LogP contribution < -0.4 is 16.2 Å². The lowest BCUT2D eigenvalue weighted by molar-refractivity contribution is 0.473. The van der Waals surface area contributed by atoms with E-state index in [1.165, 1.54) is 18.3 Å². The minimum atomic E-state index is -0.507. The van der Waals surface area contributed by atoms with Crippen molar-refractivity contribution < 1.29 is 9.13 Å². The fraction of sp³-hybridized carbons (Fsp3) is 0.0833. The third-order valence-electron chi connectivity index (χ3n) is 2.27. The number of nitrogens with zero attached hydrogens (tertiary/aromatic N) is 1. The third kappa shape index (κ3) is 2.44. The lowest BCUT2D eigenvalue weighted by atomic mass is 10.2. The van der Waals surface area contributed by atoms with Crippen molar-refractivity contribution in [3.05, 3.63) is 41.8 Å². The maximum absolute atomic E-state index is 13.3. The first-order chi connectivity index (χ1) is 8.06. The minimum Gasteiger partial charge on any atom is -0.457 e. The number of benzene rings is 1. The van der Waals surface area contributed by atoms with Gasteiger partial charge in [0, 0.05) is 18.3 Å². The molecular formula is C12H12FN3O. The highest BCUT2D eigenvalue weighted by atomic mass is 19.1. The summed E-state index contributed by atoms with van der Waals surface area (Å²) in [7, 11) is 0. The monoisotopic (exact) mass is 233 g/mol. The van der Waals surface area contributed by atoms with Gasteiger partial charge in [0.25, 0.3) is 0 Å². The molecule has 0 saturated carbocycles. The summed E-state index contributed by atoms with van der Waals surface area (Å²) in [6.45, 7) is 1.79. The van der Waals surface area contributed by atoms with Gasteiger partial charge in [0.05, 0.1) is 5.69 Å². The number of rotatable bonds is 2. The molecule has 0 aliphatic rings. The molecule has 0 aliphatic carbocycles. The van der Waals surface area contributed by atoms with E-state index in [0.29, 0.717) is 17.3 Å². The number of nitrogens with two attached hydrogens (primary N) is 2. The maximum Gasteiger partial charge on any atom is 0.149 e. The van der Waals surface area contributed by atoms with Gasteiger partial charge in [0.15, 0.2) is 0 Å². The molecule has 0 saturated heterocycles. The van der Waals surface area contributed by atoms with E-state index >= 15 is 0 Å². The molecule has 4 nitrogen and oxygen atoms in total. The molecule has 17 heavy (non-hydrogen) atoms. The quantitative estimate of drug-likeness (QED) is 0.781. The van der Waals surface area contributed by atoms with E-state index in [2.05, 4.69) is 4.98 Å². The Kier molecular flexibility index (Phi) is 2.82. The van der Waals surface area contributed by atoms with Crippen LogP contribution in [0.2, 0.25) is 0 Å². The van der Waals surface area contributed by atoms with Gasteiger partial charge in [-0.1, -0.05) is 0 Å². The molecule has 0 atom stereocenters. The predicted molar refractivity (Wildman–Crippen MR) is 64.3 cm³/mol. The van der Waals surface area contributed by atoms with Gasteiger partial charge in [-0.15, -0.1) is 0 Å². The van der Waals surface area contributed by atoms with Crippen LogP contribution in [0.1, 0.15) is 5.56 Å². The summed E-state index contributed by atoms with van der Waals surface area (Å²) >= 11 is 0. The van der Waals surface area contributed by atoms with Crippen LogP contribution in [0.15, 0.2) is 30.5 Å². The van der Waals surface area contributed by atoms with Crippen LogP contribution in [0.3, 0.4) is 0 Å². The van der Waals surface area contributed by atoms with Crippen molar-refractivity contribution in [1.29, 1.82) is 0 Å². The zero-order chi connectivity index (χ0) is 12.4. The Morgan fingerprint density at radius 3 is 2.71 bits per heavy atom. The smallest absolute Gasteiger partial charge is 0.149 e. The standard InChI is InChI=1S/C12H12FN3O/c1-7-4-10(14)9(13)6-11(7)17-8-2-3-16-12(15)5-8/h2-6H,14H2,1H3,(H2,15,16). The van der Waals surface area contributed by atoms with Gasteiger partial charge in [-0.25, -0.2) is 9.37 Å². The summed E-state index contributed by atoms with van der Waals surface area (Å²) in [5, 5.41) is 0. The van der Waals surface area contributed by atoms with Crippen molar-refractivity contribution in [2.24, 2.45) is 0 Å². The van der Waals surface area contributed by atoms with Crippen LogP contribution in [-0.2, 0) is 0 Å². The first-order valence-corrected chi connectivity index (χ1v) is 5.01. The van der Waals surface area contributed by atoms with Gasteiger partial charge in [-0.3, -0.25) is 0 Å². The number of halogens is 1. The molecule has 1 heterocycles. The molecule has 0 spiro atoms. The van der Waals surface area contributed by atoms with Crippen LogP contribution in [0.4, 0.5) is 15.9 Å². The van der Waals surface area contributed by atoms with Gasteiger partial charge in [-0.2, -0.15) is 0 Å². The largest absolute Gasteiger partial charge is 0.457 e. The molecule has 1 aromatic carbocycles. The normalized spacial score (nSPS) is 10.2. The van der Waals surface area contributed by atoms with E-state index in [4.69, 9.17) is 16.2 Å². The summed E-state index contributed by atoms with van der Waals surface area (Å²) in [5.74, 6) is 0.746. The van der Waals surface area contributed by atoms with Gasteiger partial charge in [-0.05, 0) is 24.6 Å². The van der Waals surface area contributed by atoms with Gasteiger partial charge >= 0.3 is 0 Å². The van der Waals surface area contributed by atoms with Crippen molar-refractivity contribution in [3.8, 4) is 11.5 Å². The second-order valence-electron chi connectivity index (χ2n) is 3.66. The average molecular weight is 233 g/mol. The number of pyridine rings is 1. The predicted octanol–water partition coefficient (Wildman–Crippen LogP) is 2.49. The molecule has 0 unspecified atom stereocenters. The molecular weight excluding hydrogens is 221 g/mol. The van der Waals surface area contributed by atoms with Crippen molar-refractivity contribution in [1.82, 2.24) is 4.98 Å². The van der Waals surface area contributed by atoms with E-state index in [9.17, 15) is 4.39 Å². The SMILES string of the molecule is Cc1cc(N)c(F)cc1Oc1ccnc(N)c1. The highest BCUT2D eigenvalue weighted by Gasteiger charge is 2.07. The number of aryl methyl sites for hydroxylation is 1. The van der Waals surface area contributed by atoms with E-state index in [1.54, 1.807) is 19.1 Å². The Labute approximate surface area is 98.0 Å². The van der Waals surface area contributed by atoms with Gasteiger partial charge in [0.1, 0.15) is 23.1 Å². The fourth-order valence-corrected chi connectivity index (χ4v) is 1.41. The molecule has 0 radical (unpaired) electrons. The molecule has 1 aromatic heterocycles. The van der Waals surface area contributed by atoms with E-state index in [-0.39, 0.29) is 5.69 Å². The second-order valence-corrected chi connectivity index (χ2v) is 3.66. The summed E-state index contributed by atoms with van der Waals surface area (Å²) in [6, 6.07) is 5.98. The highest BCUT2D eigenvalue weighted by Crippen LogP contribution is 2.28. The fourth-order valence-electron chi connectivity index (χ4n) is 1.41. The Morgan fingerprint density at radius 1 is 1.24 bits per heavy atom. The zero-order valence-electron chi connectivity index (χ0n) is 9.27. The van der Waals surface area contributed by atoms with Gasteiger partial charge in [0.2, 0.25) is 0 Å². The molecule has 0 amide bonds. The number of anilines is 2. The molecule has 5 heteroatoms. The molecule has 2 aromatic rings. The Bertz CT molecular complexity index is 557. The van der Waals surface area contributed by atoms with E-state index in [1.807, 2.05) is 0 Å². The lowest BCUT2D eigenvalue weighted by Gasteiger charge is -2.10. The Hall–Kier alpha value is -2.30. The summed E-state index contributed by atoms with van der Waals surface area (Å²) in [4.78, 5) is 3.84. The van der Waals surface area contributed by atoms with Crippen LogP contribution in [0, 0.1) is 12.7 Å². The summed E-state index contributed by atoms with van der Waals surface area (Å²) < 4.78 is 18.8. The Morgan fingerprint density at radius 2 is 2.00 bits per heavy atom. The van der Waals surface area contributed by atoms with Crippen molar-refractivity contribution in [2.75, 3.05) is 11.5 Å². The van der Waals surface area contributed by atoms with E-state index in [0.717, 1.165) is 5.56 Å². The molecule has 88 valence electrons. The Balaban J connectivity index is 2.33. The lowest BCUT2D eigenvalue weighted by Crippen LogP contribution is -1.96. The highest BCUT2D eigenvalue weighted by molar-refractivity contribution is 5.50. The summed E-state index contributed by atoms with van der Waals surface area (Å²) in [6.07, 6.45) is 1.52. The summed E-state index contributed by atoms with van der Waals surface area (Å²) in [5.41, 5.74) is 11.8. The average Bonchev–Trinajstić information content (AvgIpc) is 2.26. The molecule has 0 fully saturated rings. The van der Waals surface area contributed by atoms with Crippen molar-refractivity contribution >= 4 is 11.5 Å². The van der Waals surface area contributed by atoms with E-state index < -0.39 is 5.82 Å². The third-order valence-corrected chi connectivity index (χ3v) is 2.27. The molecule has 0 aliphatic heterocycles. The van der Waals surface area contributed by atoms with Gasteiger partial charge < -0.3 is 16.2 Å². The molecule has 0 bridgehead atoms. The number of ether oxygens (including phenoxy) is 1. The zero-order valence-corrected chi connectivity index (χ0v) is 9.27. The molecule has 2 rings (SSSR count). The number of hydrogen-bond donors (Lipinski definition) is 2. The number of hydrogen-bond acceptors (Lipinski definition) is 4. The minimum absolute atomic E-state index is 0.101. The van der Waals surface area contributed by atoms with Crippen molar-refractivity contribution in [2.45, 2.75) is 6.92 Å². The van der Waals surface area contributed by atoms with Crippen LogP contribution in [0.25, 0.3) is 0 Å². The first-order valence-electron chi connectivity index (χ1n) is 5.01. The van der Waals surface area contributed by atoms with Crippen LogP contribution in [-0.4, -0.2) is 4.98 Å².